The van der Waals surface area contributed by atoms with Gasteiger partial charge in [-0.2, -0.15) is 0 Å². The van der Waals surface area contributed by atoms with Crippen molar-refractivity contribution >= 4 is 61.2 Å². The highest BCUT2D eigenvalue weighted by Crippen LogP contribution is 2.35. The van der Waals surface area contributed by atoms with E-state index < -0.39 is 0 Å². The van der Waals surface area contributed by atoms with Crippen molar-refractivity contribution in [2.75, 3.05) is 0 Å². The molecule has 1 heterocycles. The molecule has 0 spiro atoms. The van der Waals surface area contributed by atoms with Crippen molar-refractivity contribution in [2.24, 2.45) is 0 Å². The van der Waals surface area contributed by atoms with Gasteiger partial charge >= 0.3 is 0 Å². The molecule has 3 rings (SSSR count). The van der Waals surface area contributed by atoms with Crippen LogP contribution in [0.2, 0.25) is 10.0 Å². The van der Waals surface area contributed by atoms with E-state index >= 15 is 0 Å². The summed E-state index contributed by atoms with van der Waals surface area (Å²) in [7, 11) is 0. The van der Waals surface area contributed by atoms with Crippen molar-refractivity contribution in [2.45, 2.75) is 6.61 Å². The average molecular weight is 388 g/mol. The van der Waals surface area contributed by atoms with Crippen LogP contribution in [-0.2, 0) is 6.61 Å². The number of hydrogen-bond acceptors (Lipinski definition) is 2. The average Bonchev–Trinajstić information content (AvgIpc) is 2.86. The van der Waals surface area contributed by atoms with Gasteiger partial charge in [-0.3, -0.25) is 0 Å². The molecule has 0 aliphatic heterocycles. The normalized spacial score (nSPS) is 10.9. The Hall–Kier alpha value is -0.740. The molecular formula is C15H9BrCl2OS. The quantitative estimate of drug-likeness (QED) is 0.495. The fraction of sp³-hybridized carbons (Fsp3) is 0.0667. The van der Waals surface area contributed by atoms with Crippen molar-refractivity contribution in [3.8, 4) is 5.75 Å². The predicted molar refractivity (Wildman–Crippen MR) is 90.3 cm³/mol. The minimum absolute atomic E-state index is 0.537. The zero-order chi connectivity index (χ0) is 14.1. The van der Waals surface area contributed by atoms with E-state index in [0.29, 0.717) is 16.7 Å². The molecule has 0 saturated carbocycles. The number of thiophene rings is 1. The molecular weight excluding hydrogens is 379 g/mol. The highest BCUT2D eigenvalue weighted by atomic mass is 79.9. The van der Waals surface area contributed by atoms with Crippen LogP contribution in [0.3, 0.4) is 0 Å². The van der Waals surface area contributed by atoms with Gasteiger partial charge in [0.2, 0.25) is 0 Å². The summed E-state index contributed by atoms with van der Waals surface area (Å²) < 4.78 is 7.00. The molecule has 102 valence electrons. The molecule has 0 aliphatic carbocycles. The van der Waals surface area contributed by atoms with Crippen molar-refractivity contribution in [1.82, 2.24) is 0 Å². The standard InChI is InChI=1S/C15H9BrCl2OS/c16-14-7-4-9(20-14)8-19-13-3-1-2-11-10(13)5-6-12(17)15(11)18/h1-7H,8H2. The smallest absolute Gasteiger partial charge is 0.127 e. The number of ether oxygens (including phenoxy) is 1. The summed E-state index contributed by atoms with van der Waals surface area (Å²) in [6.45, 7) is 0.537. The topological polar surface area (TPSA) is 9.23 Å². The molecule has 2 aromatic carbocycles. The monoisotopic (exact) mass is 386 g/mol. The third kappa shape index (κ3) is 2.82. The molecule has 0 amide bonds. The Labute approximate surface area is 139 Å². The van der Waals surface area contributed by atoms with Crippen LogP contribution in [0.4, 0.5) is 0 Å². The number of fused-ring (bicyclic) bond motifs is 1. The second kappa shape index (κ2) is 5.94. The van der Waals surface area contributed by atoms with Crippen molar-refractivity contribution in [1.29, 1.82) is 0 Å². The van der Waals surface area contributed by atoms with Crippen LogP contribution < -0.4 is 4.74 Å². The number of rotatable bonds is 3. The molecule has 1 aromatic heterocycles. The van der Waals surface area contributed by atoms with E-state index in [2.05, 4.69) is 15.9 Å². The lowest BCUT2D eigenvalue weighted by atomic mass is 10.1. The first-order valence-electron chi connectivity index (χ1n) is 5.89. The fourth-order valence-corrected chi connectivity index (χ4v) is 3.76. The van der Waals surface area contributed by atoms with Gasteiger partial charge in [-0.1, -0.05) is 35.3 Å². The molecule has 0 fully saturated rings. The van der Waals surface area contributed by atoms with Gasteiger partial charge in [-0.15, -0.1) is 11.3 Å². The molecule has 0 saturated heterocycles. The maximum atomic E-state index is 6.23. The maximum Gasteiger partial charge on any atom is 0.127 e. The molecule has 0 radical (unpaired) electrons. The number of benzene rings is 2. The largest absolute Gasteiger partial charge is 0.487 e. The van der Waals surface area contributed by atoms with Gasteiger partial charge in [0.1, 0.15) is 12.4 Å². The van der Waals surface area contributed by atoms with Crippen molar-refractivity contribution in [3.05, 3.63) is 61.2 Å². The van der Waals surface area contributed by atoms with Gasteiger partial charge in [0.25, 0.3) is 0 Å². The lowest BCUT2D eigenvalue weighted by molar-refractivity contribution is 0.313. The van der Waals surface area contributed by atoms with E-state index in [4.69, 9.17) is 27.9 Å². The SMILES string of the molecule is Clc1ccc2c(OCc3ccc(Br)s3)cccc2c1Cl. The first-order chi connectivity index (χ1) is 9.65. The van der Waals surface area contributed by atoms with Gasteiger partial charge in [-0.05, 0) is 46.3 Å². The highest BCUT2D eigenvalue weighted by molar-refractivity contribution is 9.11. The number of halogens is 3. The van der Waals surface area contributed by atoms with Gasteiger partial charge in [0.05, 0.1) is 13.8 Å². The predicted octanol–water partition coefficient (Wildman–Crippen LogP) is 6.55. The van der Waals surface area contributed by atoms with Crippen LogP contribution in [0.15, 0.2) is 46.3 Å². The lowest BCUT2D eigenvalue weighted by Gasteiger charge is -2.10. The maximum absolute atomic E-state index is 6.23. The van der Waals surface area contributed by atoms with Gasteiger partial charge < -0.3 is 4.74 Å². The molecule has 3 aromatic rings. The van der Waals surface area contributed by atoms with E-state index in [1.54, 1.807) is 17.4 Å². The van der Waals surface area contributed by atoms with E-state index in [-0.39, 0.29) is 0 Å². The van der Waals surface area contributed by atoms with Crippen LogP contribution in [-0.4, -0.2) is 0 Å². The van der Waals surface area contributed by atoms with E-state index in [9.17, 15) is 0 Å². The van der Waals surface area contributed by atoms with Gasteiger partial charge in [0, 0.05) is 15.6 Å². The Balaban J connectivity index is 1.93. The molecule has 0 atom stereocenters. The Bertz CT molecular complexity index is 770. The van der Waals surface area contributed by atoms with Gasteiger partial charge in [0.15, 0.2) is 0 Å². The zero-order valence-corrected chi connectivity index (χ0v) is 14.1. The third-order valence-corrected chi connectivity index (χ3v) is 5.32. The zero-order valence-electron chi connectivity index (χ0n) is 10.2. The van der Waals surface area contributed by atoms with Crippen LogP contribution in [0.1, 0.15) is 4.88 Å². The summed E-state index contributed by atoms with van der Waals surface area (Å²) in [6, 6.07) is 13.6. The van der Waals surface area contributed by atoms with Crippen LogP contribution in [0.25, 0.3) is 10.8 Å². The molecule has 0 aliphatic rings. The van der Waals surface area contributed by atoms with E-state index in [1.807, 2.05) is 36.4 Å². The first kappa shape index (κ1) is 14.2. The Kier molecular flexibility index (Phi) is 4.22. The molecule has 20 heavy (non-hydrogen) atoms. The lowest BCUT2D eigenvalue weighted by Crippen LogP contribution is -1.93. The molecule has 5 heteroatoms. The summed E-state index contributed by atoms with van der Waals surface area (Å²) in [5.74, 6) is 0.811. The molecule has 0 bridgehead atoms. The summed E-state index contributed by atoms with van der Waals surface area (Å²) in [5, 5.41) is 2.99. The summed E-state index contributed by atoms with van der Waals surface area (Å²) >= 11 is 17.4. The molecule has 0 unspecified atom stereocenters. The summed E-state index contributed by atoms with van der Waals surface area (Å²) in [6.07, 6.45) is 0. The molecule has 0 N–H and O–H groups in total. The Morgan fingerprint density at radius 3 is 2.60 bits per heavy atom. The highest BCUT2D eigenvalue weighted by Gasteiger charge is 2.08. The second-order valence-corrected chi connectivity index (χ2v) is 7.54. The minimum Gasteiger partial charge on any atom is -0.487 e. The number of hydrogen-bond donors (Lipinski definition) is 0. The van der Waals surface area contributed by atoms with Crippen LogP contribution in [0, 0.1) is 0 Å². The minimum atomic E-state index is 0.537. The Morgan fingerprint density at radius 1 is 1.00 bits per heavy atom. The summed E-state index contributed by atoms with van der Waals surface area (Å²) in [5.41, 5.74) is 0. The first-order valence-corrected chi connectivity index (χ1v) is 8.25. The van der Waals surface area contributed by atoms with Crippen molar-refractivity contribution in [3.63, 3.8) is 0 Å². The van der Waals surface area contributed by atoms with Crippen LogP contribution >= 0.6 is 50.5 Å². The summed E-state index contributed by atoms with van der Waals surface area (Å²) in [4.78, 5) is 1.16. The van der Waals surface area contributed by atoms with Crippen LogP contribution in [0.5, 0.6) is 5.75 Å². The van der Waals surface area contributed by atoms with Gasteiger partial charge in [-0.25, -0.2) is 0 Å². The van der Waals surface area contributed by atoms with E-state index in [0.717, 1.165) is 25.2 Å². The van der Waals surface area contributed by atoms with E-state index in [1.165, 1.54) is 0 Å². The third-order valence-electron chi connectivity index (χ3n) is 2.91. The van der Waals surface area contributed by atoms with Crippen molar-refractivity contribution < 1.29 is 4.74 Å². The molecule has 1 nitrogen and oxygen atoms in total. The second-order valence-electron chi connectivity index (χ2n) is 4.21. The Morgan fingerprint density at radius 2 is 1.85 bits per heavy atom. The fourth-order valence-electron chi connectivity index (χ4n) is 1.97.